The van der Waals surface area contributed by atoms with Crippen LogP contribution in [0.5, 0.6) is 0 Å². The van der Waals surface area contributed by atoms with Crippen LogP contribution in [0.3, 0.4) is 0 Å². The van der Waals surface area contributed by atoms with E-state index in [1.54, 1.807) is 6.20 Å². The van der Waals surface area contributed by atoms with Crippen molar-refractivity contribution >= 4 is 56.8 Å². The minimum absolute atomic E-state index is 0.0439. The van der Waals surface area contributed by atoms with E-state index in [1.165, 1.54) is 11.3 Å². The highest BCUT2D eigenvalue weighted by atomic mass is 35.5. The molecule has 2 saturated heterocycles. The number of carbonyl (C=O) groups is 2. The smallest absolute Gasteiger partial charge is 0.222 e. The molecule has 2 fully saturated rings. The van der Waals surface area contributed by atoms with Crippen LogP contribution in [0.15, 0.2) is 22.0 Å². The number of aromatic nitrogens is 1. The van der Waals surface area contributed by atoms with Crippen LogP contribution in [-0.4, -0.2) is 60.8 Å². The molecule has 26 heavy (non-hydrogen) atoms. The molecule has 3 aliphatic rings. The second-order valence-electron chi connectivity index (χ2n) is 6.31. The third-order valence-corrected chi connectivity index (χ3v) is 6.50. The predicted molar refractivity (Wildman–Crippen MR) is 102 cm³/mol. The number of hydrogen-bond donors (Lipinski definition) is 0. The Kier molecular flexibility index (Phi) is 5.05. The van der Waals surface area contributed by atoms with Gasteiger partial charge in [0, 0.05) is 32.4 Å². The van der Waals surface area contributed by atoms with Crippen LogP contribution in [0.2, 0.25) is 0 Å². The fourth-order valence-electron chi connectivity index (χ4n) is 3.36. The van der Waals surface area contributed by atoms with Gasteiger partial charge in [-0.1, -0.05) is 34.5 Å². The normalized spacial score (nSPS) is 22.1. The minimum Gasteiger partial charge on any atom is -0.378 e. The monoisotopic (exact) mass is 413 g/mol. The lowest BCUT2D eigenvalue weighted by molar-refractivity contribution is -0.115. The molecule has 0 bridgehead atoms. The third kappa shape index (κ3) is 3.07. The first-order chi connectivity index (χ1) is 12.6. The first-order valence-corrected chi connectivity index (χ1v) is 10.1. The van der Waals surface area contributed by atoms with Crippen molar-refractivity contribution in [1.82, 2.24) is 9.88 Å². The summed E-state index contributed by atoms with van der Waals surface area (Å²) in [7, 11) is 0. The summed E-state index contributed by atoms with van der Waals surface area (Å²) in [4.78, 5) is 34.6. The number of Topliss-reactive ketones (excluding diaryl/α,β-unsaturated/α-hetero) is 2. The van der Waals surface area contributed by atoms with Crippen molar-refractivity contribution in [1.29, 1.82) is 0 Å². The second-order valence-corrected chi connectivity index (χ2v) is 8.08. The Morgan fingerprint density at radius 3 is 2.35 bits per heavy atom. The Balaban J connectivity index is 1.66. The van der Waals surface area contributed by atoms with Gasteiger partial charge < -0.3 is 14.5 Å². The lowest BCUT2D eigenvalue weighted by Gasteiger charge is -2.26. The van der Waals surface area contributed by atoms with Crippen LogP contribution >= 0.6 is 34.5 Å². The quantitative estimate of drug-likeness (QED) is 0.709. The lowest BCUT2D eigenvalue weighted by atomic mass is 9.99. The van der Waals surface area contributed by atoms with Crippen LogP contribution in [0.4, 0.5) is 5.13 Å². The number of halogens is 2. The van der Waals surface area contributed by atoms with Crippen molar-refractivity contribution in [2.75, 3.05) is 44.3 Å². The van der Waals surface area contributed by atoms with E-state index in [2.05, 4.69) is 9.88 Å². The van der Waals surface area contributed by atoms with Crippen molar-refractivity contribution in [3.05, 3.63) is 26.8 Å². The maximum absolute atomic E-state index is 12.9. The highest BCUT2D eigenvalue weighted by molar-refractivity contribution is 7.17. The van der Waals surface area contributed by atoms with Crippen molar-refractivity contribution in [2.45, 2.75) is 12.8 Å². The largest absolute Gasteiger partial charge is 0.378 e. The number of morpholine rings is 1. The van der Waals surface area contributed by atoms with E-state index in [-0.39, 0.29) is 27.1 Å². The minimum atomic E-state index is -0.407. The number of allylic oxidation sites excluding steroid dienone is 3. The van der Waals surface area contributed by atoms with Gasteiger partial charge in [0.25, 0.3) is 0 Å². The number of likely N-dealkylation sites (tertiary alicyclic amines) is 1. The molecule has 0 amide bonds. The van der Waals surface area contributed by atoms with Gasteiger partial charge in [0.2, 0.25) is 11.6 Å². The first kappa shape index (κ1) is 18.0. The van der Waals surface area contributed by atoms with Gasteiger partial charge in [-0.25, -0.2) is 4.98 Å². The maximum atomic E-state index is 12.9. The summed E-state index contributed by atoms with van der Waals surface area (Å²) in [5, 5.41) is 0.669. The van der Waals surface area contributed by atoms with Crippen LogP contribution in [0.1, 0.15) is 17.7 Å². The van der Waals surface area contributed by atoms with Crippen LogP contribution in [-0.2, 0) is 14.3 Å². The summed E-state index contributed by atoms with van der Waals surface area (Å²) in [5.74, 6) is -0.787. The Bertz CT molecular complexity index is 821. The number of hydrogen-bond acceptors (Lipinski definition) is 7. The summed E-state index contributed by atoms with van der Waals surface area (Å²) in [6.45, 7) is 4.20. The Hall–Kier alpha value is -1.41. The lowest BCUT2D eigenvalue weighted by Crippen LogP contribution is -2.36. The fourth-order valence-corrected chi connectivity index (χ4v) is 5.01. The van der Waals surface area contributed by atoms with Gasteiger partial charge in [-0.3, -0.25) is 9.59 Å². The van der Waals surface area contributed by atoms with Gasteiger partial charge in [0.1, 0.15) is 15.8 Å². The summed E-state index contributed by atoms with van der Waals surface area (Å²) >= 11 is 14.0. The van der Waals surface area contributed by atoms with Gasteiger partial charge in [-0.2, -0.15) is 0 Å². The number of anilines is 1. The molecule has 3 heterocycles. The van der Waals surface area contributed by atoms with E-state index in [0.717, 1.165) is 31.1 Å². The average Bonchev–Trinajstić information content (AvgIpc) is 3.34. The first-order valence-electron chi connectivity index (χ1n) is 8.50. The van der Waals surface area contributed by atoms with Crippen molar-refractivity contribution < 1.29 is 14.3 Å². The Labute approximate surface area is 165 Å². The fraction of sp³-hybridized carbons (Fsp3) is 0.471. The maximum Gasteiger partial charge on any atom is 0.222 e. The van der Waals surface area contributed by atoms with Gasteiger partial charge in [0.05, 0.1) is 23.7 Å². The third-order valence-electron chi connectivity index (χ3n) is 4.71. The zero-order chi connectivity index (χ0) is 18.3. The number of nitrogens with zero attached hydrogens (tertiary/aromatic N) is 3. The summed E-state index contributed by atoms with van der Waals surface area (Å²) in [5.41, 5.74) is 0.391. The van der Waals surface area contributed by atoms with Crippen molar-refractivity contribution in [3.63, 3.8) is 0 Å². The molecular weight excluding hydrogens is 397 g/mol. The number of ketones is 2. The topological polar surface area (TPSA) is 62.7 Å². The van der Waals surface area contributed by atoms with Crippen LogP contribution < -0.4 is 4.90 Å². The molecule has 9 heteroatoms. The number of ether oxygens (including phenoxy) is 1. The molecule has 0 unspecified atom stereocenters. The summed E-state index contributed by atoms with van der Waals surface area (Å²) in [6, 6.07) is 0. The molecule has 2 aliphatic heterocycles. The summed E-state index contributed by atoms with van der Waals surface area (Å²) < 4.78 is 5.34. The molecule has 1 aliphatic carbocycles. The van der Waals surface area contributed by atoms with E-state index < -0.39 is 5.78 Å². The molecule has 0 atom stereocenters. The molecule has 0 spiro atoms. The zero-order valence-electron chi connectivity index (χ0n) is 14.0. The van der Waals surface area contributed by atoms with E-state index in [9.17, 15) is 9.59 Å². The van der Waals surface area contributed by atoms with E-state index in [1.807, 2.05) is 4.90 Å². The molecule has 138 valence electrons. The van der Waals surface area contributed by atoms with E-state index in [0.29, 0.717) is 31.2 Å². The predicted octanol–water partition coefficient (Wildman–Crippen LogP) is 2.63. The SMILES string of the molecule is O=C1C(Cl)=C(N2CCCC2)C(=O)C(Cl)=C1c1cnc(N2CCOCC2)s1. The standard InChI is InChI=1S/C17H17Cl2N3O3S/c18-12-11(10-9-20-17(26-10)22-5-7-25-8-6-22)15(23)13(19)14(16(12)24)21-3-1-2-4-21/h9H,1-8H2. The number of rotatable bonds is 3. The zero-order valence-corrected chi connectivity index (χ0v) is 16.3. The van der Waals surface area contributed by atoms with Gasteiger partial charge in [0.15, 0.2) is 5.13 Å². The molecule has 0 N–H and O–H groups in total. The molecule has 0 radical (unpaired) electrons. The number of carbonyl (C=O) groups excluding carboxylic acids is 2. The molecule has 6 nitrogen and oxygen atoms in total. The highest BCUT2D eigenvalue weighted by Gasteiger charge is 2.38. The van der Waals surface area contributed by atoms with E-state index in [4.69, 9.17) is 27.9 Å². The highest BCUT2D eigenvalue weighted by Crippen LogP contribution is 2.40. The summed E-state index contributed by atoms with van der Waals surface area (Å²) in [6.07, 6.45) is 3.53. The molecule has 4 rings (SSSR count). The van der Waals surface area contributed by atoms with Crippen LogP contribution in [0, 0.1) is 0 Å². The Morgan fingerprint density at radius 2 is 1.65 bits per heavy atom. The second kappa shape index (κ2) is 7.31. The Morgan fingerprint density at radius 1 is 0.962 bits per heavy atom. The van der Waals surface area contributed by atoms with E-state index >= 15 is 0 Å². The molecule has 1 aromatic heterocycles. The van der Waals surface area contributed by atoms with Gasteiger partial charge >= 0.3 is 0 Å². The average molecular weight is 414 g/mol. The van der Waals surface area contributed by atoms with Gasteiger partial charge in [-0.05, 0) is 12.8 Å². The van der Waals surface area contributed by atoms with Gasteiger partial charge in [-0.15, -0.1) is 0 Å². The van der Waals surface area contributed by atoms with Crippen molar-refractivity contribution in [2.24, 2.45) is 0 Å². The number of thiazole rings is 1. The molecule has 1 aromatic rings. The molecular formula is C17H17Cl2N3O3S. The molecule has 0 aromatic carbocycles. The molecule has 0 saturated carbocycles. The van der Waals surface area contributed by atoms with Crippen molar-refractivity contribution in [3.8, 4) is 0 Å². The van der Waals surface area contributed by atoms with Crippen LogP contribution in [0.25, 0.3) is 5.57 Å².